The van der Waals surface area contributed by atoms with Gasteiger partial charge in [-0.3, -0.25) is 43.2 Å². The zero-order chi connectivity index (χ0) is 72.5. The van der Waals surface area contributed by atoms with Crippen molar-refractivity contribution in [3.05, 3.63) is 215 Å². The Hall–Kier alpha value is -9.61. The standard InChI is InChI=1S/C78H105N13O9/c1-58(64-31-13-7-14-32-64)86(50-70(82)92)76(98)56-90(62(5)68-39-21-11-22-40-68)74(96)51-84(47-29-26-44-80)73(95)54-89(61(4)67-37-19-10-20-38-67)78(100)57-91(63(6)69-41-23-12-24-42-69)75(97)52-85(48-30-27-45-81)72(94)53-88(60(3)66-35-17-9-18-36-66)77(99)55-87(59(2)65-33-15-8-16-34-65)71(93)49-83-46-28-25-43-79/h7-24,31-42,58-63,83H,25-30,43-57,79-81H2,1-6H3,(H2,82,92)/t58-,59-,60-,61-,62-,63-/m0/s1. The van der Waals surface area contributed by atoms with Gasteiger partial charge in [0, 0.05) is 13.1 Å². The van der Waals surface area contributed by atoms with E-state index in [1.165, 1.54) is 39.2 Å². The number of benzene rings is 6. The van der Waals surface area contributed by atoms with E-state index in [1.807, 2.05) is 196 Å². The number of carbonyl (C=O) groups excluding carboxylic acids is 9. The van der Waals surface area contributed by atoms with Crippen molar-refractivity contribution >= 4 is 53.2 Å². The molecule has 100 heavy (non-hydrogen) atoms. The van der Waals surface area contributed by atoms with Crippen LogP contribution in [0, 0.1) is 0 Å². The molecule has 6 aromatic carbocycles. The Balaban J connectivity index is 1.34. The van der Waals surface area contributed by atoms with Crippen molar-refractivity contribution in [2.24, 2.45) is 22.9 Å². The van der Waals surface area contributed by atoms with E-state index in [9.17, 15) is 14.4 Å². The van der Waals surface area contributed by atoms with Gasteiger partial charge in [0.1, 0.15) is 32.7 Å². The van der Waals surface area contributed by atoms with Gasteiger partial charge in [0.05, 0.1) is 62.4 Å². The molecule has 0 saturated carbocycles. The lowest BCUT2D eigenvalue weighted by atomic mass is 10.0. The molecule has 0 unspecified atom stereocenters. The number of hydrogen-bond donors (Lipinski definition) is 5. The summed E-state index contributed by atoms with van der Waals surface area (Å²) in [5.74, 6) is -5.08. The van der Waals surface area contributed by atoms with Crippen LogP contribution in [0.1, 0.15) is 150 Å². The Kier molecular flexibility index (Phi) is 33.1. The molecule has 0 heterocycles. The molecule has 0 aliphatic carbocycles. The molecule has 22 nitrogen and oxygen atoms in total. The molecule has 0 aliphatic heterocycles. The van der Waals surface area contributed by atoms with Crippen LogP contribution >= 0.6 is 0 Å². The summed E-state index contributed by atoms with van der Waals surface area (Å²) in [6.07, 6.45) is 3.32. The third-order valence-electron chi connectivity index (χ3n) is 18.5. The summed E-state index contributed by atoms with van der Waals surface area (Å²) in [6.45, 7) is 8.63. The van der Waals surface area contributed by atoms with Crippen molar-refractivity contribution in [1.82, 2.24) is 44.5 Å². The average Bonchev–Trinajstić information content (AvgIpc) is 0.830. The summed E-state index contributed by atoms with van der Waals surface area (Å²) < 4.78 is 0. The van der Waals surface area contributed by atoms with E-state index in [2.05, 4.69) is 5.32 Å². The predicted molar refractivity (Wildman–Crippen MR) is 390 cm³/mol. The quantitative estimate of drug-likeness (QED) is 0.0233. The Labute approximate surface area is 590 Å². The molecule has 0 bridgehead atoms. The molecule has 0 aliphatic rings. The molecule has 6 rings (SSSR count). The van der Waals surface area contributed by atoms with E-state index in [-0.39, 0.29) is 32.1 Å². The van der Waals surface area contributed by atoms with E-state index in [0.29, 0.717) is 68.6 Å². The maximum Gasteiger partial charge on any atom is 0.243 e. The summed E-state index contributed by atoms with van der Waals surface area (Å²) in [5, 5.41) is 3.21. The first-order valence-corrected chi connectivity index (χ1v) is 34.9. The molecule has 0 spiro atoms. The Morgan fingerprint density at radius 1 is 0.290 bits per heavy atom. The molecule has 0 radical (unpaired) electrons. The normalized spacial score (nSPS) is 12.9. The molecular formula is C78H105N13O9. The second-order valence-electron chi connectivity index (χ2n) is 25.4. The van der Waals surface area contributed by atoms with Crippen molar-refractivity contribution in [2.45, 2.75) is 116 Å². The second-order valence-corrected chi connectivity index (χ2v) is 25.4. The first kappa shape index (κ1) is 79.4. The van der Waals surface area contributed by atoms with Gasteiger partial charge in [0.25, 0.3) is 0 Å². The van der Waals surface area contributed by atoms with Crippen LogP contribution in [0.5, 0.6) is 0 Å². The second kappa shape index (κ2) is 41.7. The Morgan fingerprint density at radius 2 is 0.510 bits per heavy atom. The largest absolute Gasteiger partial charge is 0.368 e. The maximum atomic E-state index is 15.7. The summed E-state index contributed by atoms with van der Waals surface area (Å²) in [4.78, 5) is 145. The summed E-state index contributed by atoms with van der Waals surface area (Å²) >= 11 is 0. The van der Waals surface area contributed by atoms with Crippen LogP contribution in [-0.2, 0) is 43.2 Å². The zero-order valence-electron chi connectivity index (χ0n) is 59.2. The van der Waals surface area contributed by atoms with Crippen LogP contribution in [0.25, 0.3) is 0 Å². The number of hydrogen-bond acceptors (Lipinski definition) is 13. The Morgan fingerprint density at radius 3 is 0.760 bits per heavy atom. The number of unbranched alkanes of at least 4 members (excludes halogenated alkanes) is 3. The van der Waals surface area contributed by atoms with Crippen molar-refractivity contribution in [3.63, 3.8) is 0 Å². The number of rotatable bonds is 42. The van der Waals surface area contributed by atoms with Gasteiger partial charge >= 0.3 is 0 Å². The minimum atomic E-state index is -0.776. The lowest BCUT2D eigenvalue weighted by Crippen LogP contribution is -2.53. The predicted octanol–water partition coefficient (Wildman–Crippen LogP) is 7.47. The van der Waals surface area contributed by atoms with Crippen LogP contribution < -0.4 is 28.3 Å². The fraction of sp³-hybridized carbons (Fsp3) is 0.423. The summed E-state index contributed by atoms with van der Waals surface area (Å²) in [5.41, 5.74) is 27.9. The van der Waals surface area contributed by atoms with Crippen LogP contribution in [0.15, 0.2) is 182 Å². The van der Waals surface area contributed by atoms with Gasteiger partial charge < -0.3 is 67.5 Å². The highest BCUT2D eigenvalue weighted by Gasteiger charge is 2.37. The summed E-state index contributed by atoms with van der Waals surface area (Å²) in [7, 11) is 0. The van der Waals surface area contributed by atoms with Crippen molar-refractivity contribution < 1.29 is 43.2 Å². The third-order valence-corrected chi connectivity index (χ3v) is 18.5. The molecule has 6 atom stereocenters. The van der Waals surface area contributed by atoms with Crippen molar-refractivity contribution in [1.29, 1.82) is 0 Å². The number of nitrogens with one attached hydrogen (secondary N) is 1. The lowest BCUT2D eigenvalue weighted by Gasteiger charge is -2.37. The van der Waals surface area contributed by atoms with E-state index >= 15 is 28.8 Å². The number of nitrogens with zero attached hydrogens (tertiary/aromatic N) is 8. The van der Waals surface area contributed by atoms with Crippen LogP contribution in [-0.4, -0.2) is 191 Å². The van der Waals surface area contributed by atoms with Gasteiger partial charge in [-0.25, -0.2) is 0 Å². The minimum Gasteiger partial charge on any atom is -0.368 e. The molecule has 0 aromatic heterocycles. The average molecular weight is 1370 g/mol. The van der Waals surface area contributed by atoms with Crippen LogP contribution in [0.2, 0.25) is 0 Å². The molecule has 9 N–H and O–H groups in total. The fourth-order valence-electron chi connectivity index (χ4n) is 12.2. The Bertz CT molecular complexity index is 3510. The highest BCUT2D eigenvalue weighted by molar-refractivity contribution is 5.94. The van der Waals surface area contributed by atoms with Crippen molar-refractivity contribution in [3.8, 4) is 0 Å². The van der Waals surface area contributed by atoms with Gasteiger partial charge in [-0.15, -0.1) is 0 Å². The monoisotopic (exact) mass is 1370 g/mol. The minimum absolute atomic E-state index is 0.0384. The number of amides is 9. The highest BCUT2D eigenvalue weighted by atomic mass is 16.2. The van der Waals surface area contributed by atoms with Gasteiger partial charge in [-0.1, -0.05) is 182 Å². The molecular weight excluding hydrogens is 1260 g/mol. The molecule has 0 saturated heterocycles. The van der Waals surface area contributed by atoms with Crippen molar-refractivity contribution in [2.75, 3.05) is 98.2 Å². The topological polar surface area (TPSA) is 296 Å². The third kappa shape index (κ3) is 24.1. The van der Waals surface area contributed by atoms with Crippen LogP contribution in [0.4, 0.5) is 0 Å². The van der Waals surface area contributed by atoms with E-state index in [1.54, 1.807) is 27.7 Å². The number of primary amides is 1. The zero-order valence-corrected chi connectivity index (χ0v) is 59.2. The highest BCUT2D eigenvalue weighted by Crippen LogP contribution is 2.29. The molecule has 22 heteroatoms. The fourth-order valence-corrected chi connectivity index (χ4v) is 12.2. The molecule has 6 aromatic rings. The lowest BCUT2D eigenvalue weighted by molar-refractivity contribution is -0.151. The first-order valence-electron chi connectivity index (χ1n) is 34.9. The molecule has 0 fully saturated rings. The van der Waals surface area contributed by atoms with E-state index in [0.717, 1.165) is 29.5 Å². The van der Waals surface area contributed by atoms with Gasteiger partial charge in [-0.2, -0.15) is 0 Å². The van der Waals surface area contributed by atoms with Crippen LogP contribution in [0.3, 0.4) is 0 Å². The van der Waals surface area contributed by atoms with E-state index < -0.39 is 129 Å². The molecule has 536 valence electrons. The molecule has 9 amide bonds. The van der Waals surface area contributed by atoms with Gasteiger partial charge in [-0.05, 0) is 140 Å². The SMILES string of the molecule is C[C@@H](c1ccccc1)N(CC(N)=O)C(=O)CN(C(=O)CN(CCCCN)C(=O)CN(C(=O)CN(C(=O)CN(CCCCN)C(=O)CN(C(=O)CN(C(=O)CNCCCCN)[C@@H](C)c1ccccc1)[C@@H](C)c1ccccc1)[C@@H](C)c1ccccc1)[C@@H](C)c1ccccc1)[C@@H](C)c1ccccc1. The van der Waals surface area contributed by atoms with Gasteiger partial charge in [0.2, 0.25) is 53.2 Å². The summed E-state index contributed by atoms with van der Waals surface area (Å²) in [6, 6.07) is 51.1. The number of nitrogens with two attached hydrogens (primary N) is 4. The van der Waals surface area contributed by atoms with Gasteiger partial charge in [0.15, 0.2) is 0 Å². The van der Waals surface area contributed by atoms with E-state index in [4.69, 9.17) is 22.9 Å². The maximum absolute atomic E-state index is 15.7. The first-order chi connectivity index (χ1) is 48.2. The number of carbonyl (C=O) groups is 9. The smallest absolute Gasteiger partial charge is 0.243 e.